The van der Waals surface area contributed by atoms with Crippen LogP contribution in [-0.2, 0) is 6.42 Å². The predicted octanol–water partition coefficient (Wildman–Crippen LogP) is 3.14. The number of nitrogens with zero attached hydrogens (tertiary/aromatic N) is 1. The van der Waals surface area contributed by atoms with Crippen LogP contribution in [-0.4, -0.2) is 36.1 Å². The highest BCUT2D eigenvalue weighted by molar-refractivity contribution is 7.07. The Morgan fingerprint density at radius 1 is 1.56 bits per heavy atom. The number of hydrogen-bond donors (Lipinski definition) is 1. The standard InChI is InChI=1S/C15H26N2S/c1-4-16-15-5-7-17(13(3)10-15)12(2)9-14-6-8-18-11-14/h6,8,11-13,15-16H,4-5,7,9-10H2,1-3H3. The van der Waals surface area contributed by atoms with Crippen molar-refractivity contribution in [2.75, 3.05) is 13.1 Å². The molecule has 3 heteroatoms. The lowest BCUT2D eigenvalue weighted by molar-refractivity contribution is 0.0960. The van der Waals surface area contributed by atoms with Crippen LogP contribution in [0.25, 0.3) is 0 Å². The van der Waals surface area contributed by atoms with Crippen LogP contribution in [0.3, 0.4) is 0 Å². The van der Waals surface area contributed by atoms with Crippen LogP contribution in [0.15, 0.2) is 16.8 Å². The number of nitrogens with one attached hydrogen (secondary N) is 1. The van der Waals surface area contributed by atoms with Crippen molar-refractivity contribution in [2.24, 2.45) is 0 Å². The Kier molecular flexibility index (Phi) is 5.22. The average molecular weight is 266 g/mol. The van der Waals surface area contributed by atoms with Gasteiger partial charge in [-0.1, -0.05) is 6.92 Å². The lowest BCUT2D eigenvalue weighted by Crippen LogP contribution is -2.51. The zero-order valence-corrected chi connectivity index (χ0v) is 12.7. The molecule has 102 valence electrons. The summed E-state index contributed by atoms with van der Waals surface area (Å²) in [5.41, 5.74) is 1.49. The van der Waals surface area contributed by atoms with Crippen molar-refractivity contribution in [3.63, 3.8) is 0 Å². The van der Waals surface area contributed by atoms with Crippen molar-refractivity contribution in [3.8, 4) is 0 Å². The minimum Gasteiger partial charge on any atom is -0.314 e. The lowest BCUT2D eigenvalue weighted by atomic mass is 9.95. The number of piperidine rings is 1. The first kappa shape index (κ1) is 14.0. The predicted molar refractivity (Wildman–Crippen MR) is 80.4 cm³/mol. The summed E-state index contributed by atoms with van der Waals surface area (Å²) in [5, 5.41) is 8.06. The molecule has 1 aromatic heterocycles. The van der Waals surface area contributed by atoms with E-state index >= 15 is 0 Å². The molecule has 1 fully saturated rings. The molecule has 3 unspecified atom stereocenters. The molecule has 0 aliphatic carbocycles. The topological polar surface area (TPSA) is 15.3 Å². The average Bonchev–Trinajstić information content (AvgIpc) is 2.82. The third kappa shape index (κ3) is 3.56. The van der Waals surface area contributed by atoms with E-state index in [0.717, 1.165) is 12.6 Å². The highest BCUT2D eigenvalue weighted by Gasteiger charge is 2.27. The Morgan fingerprint density at radius 2 is 2.39 bits per heavy atom. The first-order chi connectivity index (χ1) is 8.70. The second-order valence-electron chi connectivity index (χ2n) is 5.55. The van der Waals surface area contributed by atoms with Crippen LogP contribution in [0.2, 0.25) is 0 Å². The van der Waals surface area contributed by atoms with Gasteiger partial charge in [0.15, 0.2) is 0 Å². The zero-order chi connectivity index (χ0) is 13.0. The molecular weight excluding hydrogens is 240 g/mol. The number of thiophene rings is 1. The van der Waals surface area contributed by atoms with Gasteiger partial charge in [0.2, 0.25) is 0 Å². The van der Waals surface area contributed by atoms with Gasteiger partial charge in [0.25, 0.3) is 0 Å². The molecule has 0 spiro atoms. The molecule has 18 heavy (non-hydrogen) atoms. The molecule has 0 bridgehead atoms. The van der Waals surface area contributed by atoms with E-state index in [1.165, 1.54) is 31.4 Å². The molecule has 1 aliphatic heterocycles. The minimum atomic E-state index is 0.664. The van der Waals surface area contributed by atoms with Gasteiger partial charge in [0.1, 0.15) is 0 Å². The van der Waals surface area contributed by atoms with Gasteiger partial charge in [-0.05, 0) is 62.0 Å². The Morgan fingerprint density at radius 3 is 3.00 bits per heavy atom. The fraction of sp³-hybridized carbons (Fsp3) is 0.733. The second kappa shape index (κ2) is 6.69. The minimum absolute atomic E-state index is 0.664. The molecule has 3 atom stereocenters. The maximum Gasteiger partial charge on any atom is 0.0110 e. The van der Waals surface area contributed by atoms with E-state index in [2.05, 4.69) is 47.8 Å². The molecule has 1 aliphatic rings. The van der Waals surface area contributed by atoms with Gasteiger partial charge in [-0.2, -0.15) is 11.3 Å². The summed E-state index contributed by atoms with van der Waals surface area (Å²) in [6.07, 6.45) is 3.79. The van der Waals surface area contributed by atoms with Gasteiger partial charge in [-0.15, -0.1) is 0 Å². The summed E-state index contributed by atoms with van der Waals surface area (Å²) in [7, 11) is 0. The van der Waals surface area contributed by atoms with Crippen LogP contribution >= 0.6 is 11.3 Å². The third-order valence-electron chi connectivity index (χ3n) is 4.10. The highest BCUT2D eigenvalue weighted by atomic mass is 32.1. The molecule has 2 nitrogen and oxygen atoms in total. The Hall–Kier alpha value is -0.380. The normalized spacial score (nSPS) is 27.3. The maximum absolute atomic E-state index is 3.59. The largest absolute Gasteiger partial charge is 0.314 e. The van der Waals surface area contributed by atoms with Gasteiger partial charge >= 0.3 is 0 Å². The molecular formula is C15H26N2S. The van der Waals surface area contributed by atoms with Crippen molar-refractivity contribution < 1.29 is 0 Å². The quantitative estimate of drug-likeness (QED) is 0.881. The van der Waals surface area contributed by atoms with Gasteiger partial charge in [-0.3, -0.25) is 4.90 Å². The molecule has 2 rings (SSSR count). The van der Waals surface area contributed by atoms with Crippen LogP contribution < -0.4 is 5.32 Å². The van der Waals surface area contributed by atoms with E-state index in [0.29, 0.717) is 12.1 Å². The van der Waals surface area contributed by atoms with E-state index in [1.807, 2.05) is 11.3 Å². The maximum atomic E-state index is 3.59. The Labute approximate surface area is 115 Å². The first-order valence-electron chi connectivity index (χ1n) is 7.21. The van der Waals surface area contributed by atoms with Crippen molar-refractivity contribution in [3.05, 3.63) is 22.4 Å². The third-order valence-corrected chi connectivity index (χ3v) is 4.83. The van der Waals surface area contributed by atoms with Gasteiger partial charge in [-0.25, -0.2) is 0 Å². The fourth-order valence-corrected chi connectivity index (χ4v) is 3.87. The Bertz CT molecular complexity index is 336. The summed E-state index contributed by atoms with van der Waals surface area (Å²) in [6, 6.07) is 4.36. The van der Waals surface area contributed by atoms with Crippen molar-refractivity contribution in [1.82, 2.24) is 10.2 Å². The van der Waals surface area contributed by atoms with Crippen molar-refractivity contribution >= 4 is 11.3 Å². The first-order valence-corrected chi connectivity index (χ1v) is 8.15. The van der Waals surface area contributed by atoms with Gasteiger partial charge < -0.3 is 5.32 Å². The number of hydrogen-bond acceptors (Lipinski definition) is 3. The van der Waals surface area contributed by atoms with E-state index in [9.17, 15) is 0 Å². The summed E-state index contributed by atoms with van der Waals surface area (Å²) in [6.45, 7) is 9.30. The highest BCUT2D eigenvalue weighted by Crippen LogP contribution is 2.22. The molecule has 1 aromatic rings. The summed E-state index contributed by atoms with van der Waals surface area (Å²) in [4.78, 5) is 2.69. The summed E-state index contributed by atoms with van der Waals surface area (Å²) < 4.78 is 0. The van der Waals surface area contributed by atoms with Gasteiger partial charge in [0.05, 0.1) is 0 Å². The van der Waals surface area contributed by atoms with E-state index < -0.39 is 0 Å². The van der Waals surface area contributed by atoms with Crippen molar-refractivity contribution in [1.29, 1.82) is 0 Å². The SMILES string of the molecule is CCNC1CCN(C(C)Cc2ccsc2)C(C)C1. The summed E-state index contributed by atoms with van der Waals surface area (Å²) >= 11 is 1.81. The van der Waals surface area contributed by atoms with Gasteiger partial charge in [0, 0.05) is 24.7 Å². The van der Waals surface area contributed by atoms with E-state index in [4.69, 9.17) is 0 Å². The van der Waals surface area contributed by atoms with E-state index in [-0.39, 0.29) is 0 Å². The fourth-order valence-electron chi connectivity index (χ4n) is 3.19. The molecule has 0 saturated carbocycles. The second-order valence-corrected chi connectivity index (χ2v) is 6.33. The molecule has 1 saturated heterocycles. The van der Waals surface area contributed by atoms with E-state index in [1.54, 1.807) is 0 Å². The smallest absolute Gasteiger partial charge is 0.0110 e. The lowest BCUT2D eigenvalue weighted by Gasteiger charge is -2.41. The number of likely N-dealkylation sites (tertiary alicyclic amines) is 1. The van der Waals surface area contributed by atoms with Crippen LogP contribution in [0, 0.1) is 0 Å². The van der Waals surface area contributed by atoms with Crippen LogP contribution in [0.4, 0.5) is 0 Å². The molecule has 0 radical (unpaired) electrons. The van der Waals surface area contributed by atoms with Crippen LogP contribution in [0.1, 0.15) is 39.2 Å². The molecule has 0 aromatic carbocycles. The number of rotatable bonds is 5. The molecule has 2 heterocycles. The van der Waals surface area contributed by atoms with Crippen LogP contribution in [0.5, 0.6) is 0 Å². The Balaban J connectivity index is 1.85. The van der Waals surface area contributed by atoms with Crippen molar-refractivity contribution in [2.45, 2.75) is 58.2 Å². The zero-order valence-electron chi connectivity index (χ0n) is 11.9. The monoisotopic (exact) mass is 266 g/mol. The molecule has 1 N–H and O–H groups in total. The molecule has 0 amide bonds. The summed E-state index contributed by atoms with van der Waals surface area (Å²) in [5.74, 6) is 0.